The Balaban J connectivity index is 1.92. The fourth-order valence-electron chi connectivity index (χ4n) is 4.18. The van der Waals surface area contributed by atoms with Gasteiger partial charge < -0.3 is 20.3 Å². The molecule has 7 heteroatoms. The summed E-state index contributed by atoms with van der Waals surface area (Å²) >= 11 is 0. The van der Waals surface area contributed by atoms with Crippen LogP contribution in [0.3, 0.4) is 0 Å². The van der Waals surface area contributed by atoms with Gasteiger partial charge in [-0.2, -0.15) is 0 Å². The third-order valence-corrected chi connectivity index (χ3v) is 5.43. The van der Waals surface area contributed by atoms with E-state index >= 15 is 0 Å². The molecule has 1 aromatic rings. The largest absolute Gasteiger partial charge is 0.487 e. The lowest BCUT2D eigenvalue weighted by molar-refractivity contribution is -0.0478. The van der Waals surface area contributed by atoms with Gasteiger partial charge in [-0.25, -0.2) is 15.1 Å². The molecule has 0 bridgehead atoms. The van der Waals surface area contributed by atoms with E-state index in [2.05, 4.69) is 24.2 Å². The van der Waals surface area contributed by atoms with Crippen LogP contribution in [0.5, 0.6) is 5.75 Å². The molecule has 1 aromatic carbocycles. The molecule has 7 nitrogen and oxygen atoms in total. The number of nitrogens with one attached hydrogen (secondary N) is 1. The van der Waals surface area contributed by atoms with Crippen LogP contribution in [0.4, 0.5) is 10.5 Å². The molecule has 1 fully saturated rings. The zero-order valence-corrected chi connectivity index (χ0v) is 13.0. The van der Waals surface area contributed by atoms with E-state index in [1.165, 1.54) is 0 Å². The number of rotatable bonds is 0. The van der Waals surface area contributed by atoms with Gasteiger partial charge in [0.1, 0.15) is 23.5 Å². The minimum Gasteiger partial charge on any atom is -0.487 e. The van der Waals surface area contributed by atoms with Gasteiger partial charge in [0.15, 0.2) is 0 Å². The highest BCUT2D eigenvalue weighted by atomic mass is 16.5. The molecule has 2 spiro atoms. The van der Waals surface area contributed by atoms with Crippen LogP contribution in [-0.4, -0.2) is 29.4 Å². The molecule has 2 aliphatic heterocycles. The average molecular weight is 317 g/mol. The summed E-state index contributed by atoms with van der Waals surface area (Å²) < 4.78 is 11.8. The van der Waals surface area contributed by atoms with Crippen molar-refractivity contribution < 1.29 is 19.4 Å². The summed E-state index contributed by atoms with van der Waals surface area (Å²) in [6.07, 6.45) is 0.702. The van der Waals surface area contributed by atoms with Crippen molar-refractivity contribution >= 4 is 17.8 Å². The molecule has 122 valence electrons. The number of nitrogens with two attached hydrogens (primary N) is 1. The van der Waals surface area contributed by atoms with Crippen molar-refractivity contribution in [3.05, 3.63) is 23.8 Å². The maximum Gasteiger partial charge on any atom is 0.412 e. The third-order valence-electron chi connectivity index (χ3n) is 5.43. The molecular weight excluding hydrogens is 298 g/mol. The van der Waals surface area contributed by atoms with Crippen LogP contribution in [0.1, 0.15) is 32.3 Å². The molecule has 1 atom stereocenters. The summed E-state index contributed by atoms with van der Waals surface area (Å²) in [5.41, 5.74) is 6.15. The zero-order chi connectivity index (χ0) is 16.5. The van der Waals surface area contributed by atoms with Crippen molar-refractivity contribution in [3.8, 4) is 5.75 Å². The lowest BCUT2D eigenvalue weighted by Crippen LogP contribution is -2.55. The maximum atomic E-state index is 10.9. The van der Waals surface area contributed by atoms with E-state index in [1.807, 2.05) is 12.1 Å². The highest BCUT2D eigenvalue weighted by Gasteiger charge is 2.73. The Bertz CT molecular complexity index is 739. The van der Waals surface area contributed by atoms with Gasteiger partial charge in [-0.05, 0) is 44.9 Å². The summed E-state index contributed by atoms with van der Waals surface area (Å²) in [6, 6.07) is 5.54. The molecule has 2 heterocycles. The number of hydrogen-bond acceptors (Lipinski definition) is 5. The Labute approximate surface area is 133 Å². The third kappa shape index (κ3) is 1.70. The van der Waals surface area contributed by atoms with Crippen LogP contribution < -0.4 is 15.8 Å². The second-order valence-electron chi connectivity index (χ2n) is 6.95. The summed E-state index contributed by atoms with van der Waals surface area (Å²) in [4.78, 5) is 15.6. The van der Waals surface area contributed by atoms with Gasteiger partial charge in [0.05, 0.1) is 0 Å². The molecule has 1 saturated carbocycles. The second kappa shape index (κ2) is 4.10. The second-order valence-corrected chi connectivity index (χ2v) is 6.95. The molecule has 3 aliphatic rings. The number of ether oxygens (including phenoxy) is 2. The van der Waals surface area contributed by atoms with Crippen LogP contribution in [0.15, 0.2) is 23.2 Å². The zero-order valence-electron chi connectivity index (χ0n) is 13.0. The minimum atomic E-state index is -1.19. The Morgan fingerprint density at radius 2 is 2.13 bits per heavy atom. The Morgan fingerprint density at radius 3 is 2.78 bits per heavy atom. The van der Waals surface area contributed by atoms with Crippen LogP contribution in [0.2, 0.25) is 0 Å². The molecule has 23 heavy (non-hydrogen) atoms. The van der Waals surface area contributed by atoms with E-state index in [0.717, 1.165) is 24.2 Å². The molecule has 0 aromatic heterocycles. The first kappa shape index (κ1) is 14.2. The normalized spacial score (nSPS) is 28.5. The number of amidine groups is 1. The topological polar surface area (TPSA) is 106 Å². The van der Waals surface area contributed by atoms with Gasteiger partial charge in [-0.15, -0.1) is 0 Å². The maximum absolute atomic E-state index is 10.9. The highest BCUT2D eigenvalue weighted by Crippen LogP contribution is 2.71. The number of aliphatic imine (C=N–C) groups is 1. The lowest BCUT2D eigenvalue weighted by atomic mass is 9.66. The predicted octanol–water partition coefficient (Wildman–Crippen LogP) is 2.07. The number of benzene rings is 1. The molecule has 4 N–H and O–H groups in total. The number of hydrogen-bond donors (Lipinski definition) is 3. The SMILES string of the molecule is CC1(C)Oc2ccc(N)cc2[C@@]2(COC(NC(=O)O)=N2)C12CC2. The van der Waals surface area contributed by atoms with Crippen molar-refractivity contribution in [2.45, 2.75) is 37.8 Å². The first-order valence-electron chi connectivity index (χ1n) is 7.61. The molecule has 1 amide bonds. The van der Waals surface area contributed by atoms with E-state index in [1.54, 1.807) is 6.07 Å². The van der Waals surface area contributed by atoms with Crippen molar-refractivity contribution in [1.82, 2.24) is 5.32 Å². The fraction of sp³-hybridized carbons (Fsp3) is 0.500. The summed E-state index contributed by atoms with van der Waals surface area (Å²) in [7, 11) is 0. The lowest BCUT2D eigenvalue weighted by Gasteiger charge is -2.49. The Morgan fingerprint density at radius 1 is 1.39 bits per heavy atom. The number of carboxylic acid groups (broad SMARTS) is 1. The minimum absolute atomic E-state index is 0.0369. The highest BCUT2D eigenvalue weighted by molar-refractivity contribution is 5.91. The van der Waals surface area contributed by atoms with Gasteiger partial charge in [-0.3, -0.25) is 0 Å². The van der Waals surface area contributed by atoms with E-state index in [4.69, 9.17) is 20.3 Å². The number of carbonyl (C=O) groups is 1. The van der Waals surface area contributed by atoms with Gasteiger partial charge in [-0.1, -0.05) is 0 Å². The smallest absolute Gasteiger partial charge is 0.412 e. The van der Waals surface area contributed by atoms with E-state index < -0.39 is 17.2 Å². The molecule has 0 unspecified atom stereocenters. The van der Waals surface area contributed by atoms with Gasteiger partial charge in [0.25, 0.3) is 6.02 Å². The monoisotopic (exact) mass is 317 g/mol. The Hall–Kier alpha value is -2.44. The molecule has 4 rings (SSSR count). The average Bonchev–Trinajstić information content (AvgIpc) is 3.18. The van der Waals surface area contributed by atoms with Crippen LogP contribution in [0.25, 0.3) is 0 Å². The number of anilines is 1. The predicted molar refractivity (Wildman–Crippen MR) is 83.5 cm³/mol. The Kier molecular flexibility index (Phi) is 2.52. The van der Waals surface area contributed by atoms with Crippen LogP contribution >= 0.6 is 0 Å². The molecule has 0 radical (unpaired) electrons. The number of fused-ring (bicyclic) bond motifs is 3. The van der Waals surface area contributed by atoms with Gasteiger partial charge >= 0.3 is 6.09 Å². The summed E-state index contributed by atoms with van der Waals surface area (Å²) in [5.74, 6) is 0.727. The van der Waals surface area contributed by atoms with Gasteiger partial charge in [0, 0.05) is 16.7 Å². The summed E-state index contributed by atoms with van der Waals surface area (Å²) in [6.45, 7) is 4.39. The van der Waals surface area contributed by atoms with Crippen molar-refractivity contribution in [1.29, 1.82) is 0 Å². The quantitative estimate of drug-likeness (QED) is 0.635. The first-order chi connectivity index (χ1) is 10.8. The van der Waals surface area contributed by atoms with E-state index in [-0.39, 0.29) is 18.0 Å². The molecular formula is C16H19N3O4. The fourth-order valence-corrected chi connectivity index (χ4v) is 4.18. The van der Waals surface area contributed by atoms with Crippen molar-refractivity contribution in [3.63, 3.8) is 0 Å². The van der Waals surface area contributed by atoms with E-state index in [9.17, 15) is 4.79 Å². The molecule has 0 saturated heterocycles. The summed E-state index contributed by atoms with van der Waals surface area (Å²) in [5, 5.41) is 11.2. The van der Waals surface area contributed by atoms with Gasteiger partial charge in [0.2, 0.25) is 0 Å². The van der Waals surface area contributed by atoms with Crippen molar-refractivity contribution in [2.24, 2.45) is 10.4 Å². The molecule has 1 aliphatic carbocycles. The van der Waals surface area contributed by atoms with Crippen molar-refractivity contribution in [2.75, 3.05) is 12.3 Å². The standard InChI is InChI=1S/C16H19N3O4/c1-14(2)15(5-6-15)16(8-22-12(19-16)18-13(20)21)10-7-9(17)3-4-11(10)23-14/h3-4,7H,5-6,8,17H2,1-2H3,(H,18,19)(H,20,21)/t16-/m0/s1. The van der Waals surface area contributed by atoms with Crippen LogP contribution in [0, 0.1) is 5.41 Å². The number of nitrogens with zero attached hydrogens (tertiary/aromatic N) is 1. The number of nitrogen functional groups attached to an aromatic ring is 1. The first-order valence-corrected chi connectivity index (χ1v) is 7.61. The van der Waals surface area contributed by atoms with E-state index in [0.29, 0.717) is 5.69 Å². The van der Waals surface area contributed by atoms with Crippen LogP contribution in [-0.2, 0) is 10.3 Å². The number of amides is 1.